The van der Waals surface area contributed by atoms with E-state index in [4.69, 9.17) is 14.6 Å². The second kappa shape index (κ2) is 6.98. The highest BCUT2D eigenvalue weighted by molar-refractivity contribution is 5.74. The fraction of sp³-hybridized carbons (Fsp3) is 0.438. The molecule has 108 valence electrons. The summed E-state index contributed by atoms with van der Waals surface area (Å²) in [5.74, 6) is 0.436. The van der Waals surface area contributed by atoms with Gasteiger partial charge in [-0.3, -0.25) is 0 Å². The van der Waals surface area contributed by atoms with Crippen LogP contribution in [0.15, 0.2) is 30.9 Å². The lowest BCUT2D eigenvalue weighted by Crippen LogP contribution is -2.24. The highest BCUT2D eigenvalue weighted by Crippen LogP contribution is 2.32. The van der Waals surface area contributed by atoms with E-state index >= 15 is 0 Å². The minimum absolute atomic E-state index is 0.423. The summed E-state index contributed by atoms with van der Waals surface area (Å²) in [4.78, 5) is 10.9. The summed E-state index contributed by atoms with van der Waals surface area (Å²) in [6, 6.07) is 5.53. The van der Waals surface area contributed by atoms with Gasteiger partial charge in [-0.25, -0.2) is 4.79 Å². The van der Waals surface area contributed by atoms with Crippen LogP contribution in [-0.2, 0) is 11.2 Å². The molecule has 0 bridgehead atoms. The van der Waals surface area contributed by atoms with Crippen molar-refractivity contribution in [3.63, 3.8) is 0 Å². The van der Waals surface area contributed by atoms with Crippen LogP contribution >= 0.6 is 0 Å². The molecule has 20 heavy (non-hydrogen) atoms. The van der Waals surface area contributed by atoms with Crippen LogP contribution in [0.1, 0.15) is 31.2 Å². The largest absolute Gasteiger partial charge is 0.493 e. The Kier molecular flexibility index (Phi) is 5.04. The van der Waals surface area contributed by atoms with Crippen molar-refractivity contribution in [1.82, 2.24) is 0 Å². The lowest BCUT2D eigenvalue weighted by Gasteiger charge is -2.08. The van der Waals surface area contributed by atoms with Crippen LogP contribution in [-0.4, -0.2) is 23.8 Å². The molecular weight excluding hydrogens is 256 g/mol. The van der Waals surface area contributed by atoms with Crippen LogP contribution in [0.25, 0.3) is 0 Å². The van der Waals surface area contributed by atoms with Gasteiger partial charge in [0.2, 0.25) is 0 Å². The van der Waals surface area contributed by atoms with Gasteiger partial charge in [-0.1, -0.05) is 12.1 Å². The summed E-state index contributed by atoms with van der Waals surface area (Å²) in [5, 5.41) is 8.94. The number of hydrogen-bond donors (Lipinski definition) is 1. The van der Waals surface area contributed by atoms with E-state index in [1.807, 2.05) is 18.2 Å². The summed E-state index contributed by atoms with van der Waals surface area (Å²) >= 11 is 0. The van der Waals surface area contributed by atoms with E-state index in [0.717, 1.165) is 37.0 Å². The van der Waals surface area contributed by atoms with Crippen molar-refractivity contribution in [2.45, 2.75) is 38.2 Å². The number of carboxylic acid groups (broad SMARTS) is 1. The molecule has 1 aromatic carbocycles. The predicted molar refractivity (Wildman–Crippen MR) is 76.4 cm³/mol. The number of allylic oxidation sites excluding steroid dienone is 1. The first-order chi connectivity index (χ1) is 9.70. The molecule has 4 nitrogen and oxygen atoms in total. The third-order valence-electron chi connectivity index (χ3n) is 3.31. The smallest absolute Gasteiger partial charge is 0.345 e. The van der Waals surface area contributed by atoms with Gasteiger partial charge in [-0.05, 0) is 37.3 Å². The van der Waals surface area contributed by atoms with Crippen LogP contribution in [0, 0.1) is 0 Å². The van der Waals surface area contributed by atoms with Crippen molar-refractivity contribution in [3.05, 3.63) is 36.4 Å². The molecule has 0 spiro atoms. The fourth-order valence-electron chi connectivity index (χ4n) is 2.19. The molecule has 1 N–H and O–H groups in total. The van der Waals surface area contributed by atoms with E-state index < -0.39 is 12.1 Å². The van der Waals surface area contributed by atoms with Gasteiger partial charge >= 0.3 is 5.97 Å². The van der Waals surface area contributed by atoms with E-state index in [9.17, 15) is 4.79 Å². The van der Waals surface area contributed by atoms with E-state index in [1.54, 1.807) is 6.07 Å². The van der Waals surface area contributed by atoms with Crippen molar-refractivity contribution < 1.29 is 19.4 Å². The molecule has 4 heteroatoms. The third-order valence-corrected chi connectivity index (χ3v) is 3.31. The zero-order valence-electron chi connectivity index (χ0n) is 11.5. The second-order valence-corrected chi connectivity index (χ2v) is 4.90. The van der Waals surface area contributed by atoms with Gasteiger partial charge < -0.3 is 14.6 Å². The molecule has 0 amide bonds. The maximum Gasteiger partial charge on any atom is 0.345 e. The normalized spacial score (nSPS) is 16.3. The van der Waals surface area contributed by atoms with Crippen molar-refractivity contribution in [3.8, 4) is 11.5 Å². The number of ether oxygens (including phenoxy) is 2. The van der Waals surface area contributed by atoms with Gasteiger partial charge in [0.1, 0.15) is 11.5 Å². The fourth-order valence-corrected chi connectivity index (χ4v) is 2.19. The molecule has 1 unspecified atom stereocenters. The third kappa shape index (κ3) is 3.76. The number of hydrogen-bond acceptors (Lipinski definition) is 3. The molecule has 0 aromatic heterocycles. The monoisotopic (exact) mass is 276 g/mol. The van der Waals surface area contributed by atoms with Crippen LogP contribution < -0.4 is 9.47 Å². The topological polar surface area (TPSA) is 55.8 Å². The van der Waals surface area contributed by atoms with Gasteiger partial charge in [-0.15, -0.1) is 6.58 Å². The minimum atomic E-state index is -0.925. The highest BCUT2D eigenvalue weighted by atomic mass is 16.5. The summed E-state index contributed by atoms with van der Waals surface area (Å²) in [5.41, 5.74) is 0.927. The predicted octanol–water partition coefficient (Wildman–Crippen LogP) is 3.20. The van der Waals surface area contributed by atoms with Gasteiger partial charge in [0.25, 0.3) is 0 Å². The van der Waals surface area contributed by atoms with Crippen LogP contribution in [0.2, 0.25) is 0 Å². The van der Waals surface area contributed by atoms with Gasteiger partial charge in [0.15, 0.2) is 6.10 Å². The Hall–Kier alpha value is -1.97. The summed E-state index contributed by atoms with van der Waals surface area (Å²) in [6.07, 6.45) is 5.89. The molecule has 0 saturated carbocycles. The Morgan fingerprint density at radius 1 is 1.45 bits per heavy atom. The Morgan fingerprint density at radius 2 is 2.30 bits per heavy atom. The number of benzene rings is 1. The molecule has 1 atom stereocenters. The maximum atomic E-state index is 10.9. The zero-order valence-corrected chi connectivity index (χ0v) is 11.5. The van der Waals surface area contributed by atoms with E-state index in [1.165, 1.54) is 0 Å². The summed E-state index contributed by atoms with van der Waals surface area (Å²) in [7, 11) is 0. The highest BCUT2D eigenvalue weighted by Gasteiger charge is 2.28. The SMILES string of the molecule is C=CCCCCCOc1ccc2c(c1)OC(C(=O)O)C2. The number of unbranched alkanes of at least 4 members (excludes halogenated alkanes) is 3. The van der Waals surface area contributed by atoms with Gasteiger partial charge in [0.05, 0.1) is 6.61 Å². The molecular formula is C16H20O4. The number of carboxylic acids is 1. The van der Waals surface area contributed by atoms with Crippen LogP contribution in [0.5, 0.6) is 11.5 Å². The standard InChI is InChI=1S/C16H20O4/c1-2-3-4-5-6-9-19-13-8-7-12-10-15(16(17)18)20-14(12)11-13/h2,7-8,11,15H,1,3-6,9-10H2,(H,17,18). The molecule has 0 saturated heterocycles. The minimum Gasteiger partial charge on any atom is -0.493 e. The summed E-state index contributed by atoms with van der Waals surface area (Å²) in [6.45, 7) is 4.36. The molecule has 1 aliphatic heterocycles. The van der Waals surface area contributed by atoms with Crippen molar-refractivity contribution >= 4 is 5.97 Å². The lowest BCUT2D eigenvalue weighted by molar-refractivity contribution is -0.144. The quantitative estimate of drug-likeness (QED) is 0.585. The van der Waals surface area contributed by atoms with Gasteiger partial charge in [0, 0.05) is 12.5 Å². The number of fused-ring (bicyclic) bond motifs is 1. The van der Waals surface area contributed by atoms with Gasteiger partial charge in [-0.2, -0.15) is 0 Å². The van der Waals surface area contributed by atoms with E-state index in [0.29, 0.717) is 18.8 Å². The first-order valence-corrected chi connectivity index (χ1v) is 6.97. The van der Waals surface area contributed by atoms with Crippen LogP contribution in [0.3, 0.4) is 0 Å². The number of carbonyl (C=O) groups is 1. The molecule has 1 aliphatic rings. The van der Waals surface area contributed by atoms with Crippen molar-refractivity contribution in [2.24, 2.45) is 0 Å². The van der Waals surface area contributed by atoms with Crippen LogP contribution in [0.4, 0.5) is 0 Å². The maximum absolute atomic E-state index is 10.9. The summed E-state index contributed by atoms with van der Waals surface area (Å²) < 4.78 is 11.0. The number of rotatable bonds is 8. The zero-order chi connectivity index (χ0) is 14.4. The van der Waals surface area contributed by atoms with Crippen molar-refractivity contribution in [2.75, 3.05) is 6.61 Å². The first-order valence-electron chi connectivity index (χ1n) is 6.97. The Labute approximate surface area is 119 Å². The van der Waals surface area contributed by atoms with E-state index in [-0.39, 0.29) is 0 Å². The first kappa shape index (κ1) is 14.4. The molecule has 1 heterocycles. The molecule has 1 aromatic rings. The van der Waals surface area contributed by atoms with Crippen molar-refractivity contribution in [1.29, 1.82) is 0 Å². The Morgan fingerprint density at radius 3 is 3.05 bits per heavy atom. The lowest BCUT2D eigenvalue weighted by atomic mass is 10.1. The number of aliphatic carboxylic acids is 1. The average Bonchev–Trinajstić information content (AvgIpc) is 2.86. The average molecular weight is 276 g/mol. The molecule has 0 fully saturated rings. The Bertz CT molecular complexity index is 481. The van der Waals surface area contributed by atoms with E-state index in [2.05, 4.69) is 6.58 Å². The second-order valence-electron chi connectivity index (χ2n) is 4.90. The molecule has 0 radical (unpaired) electrons. The molecule has 2 rings (SSSR count). The Balaban J connectivity index is 1.79. The molecule has 0 aliphatic carbocycles.